The molecule has 0 unspecified atom stereocenters. The van der Waals surface area contributed by atoms with Gasteiger partial charge in [-0.2, -0.15) is 0 Å². The molecule has 0 aliphatic carbocycles. The molecule has 2 aromatic rings. The number of hydrogen-bond donors (Lipinski definition) is 0. The first-order chi connectivity index (χ1) is 16.2. The summed E-state index contributed by atoms with van der Waals surface area (Å²) in [7, 11) is 0. The van der Waals surface area contributed by atoms with Gasteiger partial charge in [0, 0.05) is 63.0 Å². The Morgan fingerprint density at radius 3 is 2.61 bits per heavy atom. The number of hydrogen-bond acceptors (Lipinski definition) is 5. The highest BCUT2D eigenvalue weighted by Gasteiger charge is 2.41. The van der Waals surface area contributed by atoms with Gasteiger partial charge in [-0.3, -0.25) is 0 Å². The van der Waals surface area contributed by atoms with Crippen LogP contribution in [0.15, 0.2) is 42.6 Å². The fraction of sp³-hybridized carbons (Fsp3) is 0.593. The van der Waals surface area contributed by atoms with Gasteiger partial charge in [-0.05, 0) is 68.7 Å². The Balaban J connectivity index is 1.25. The van der Waals surface area contributed by atoms with E-state index in [1.807, 2.05) is 18.3 Å². The van der Waals surface area contributed by atoms with Crippen LogP contribution < -0.4 is 14.7 Å². The van der Waals surface area contributed by atoms with Gasteiger partial charge in [0.05, 0.1) is 12.1 Å². The van der Waals surface area contributed by atoms with Crippen LogP contribution in [-0.2, 0) is 4.74 Å². The second kappa shape index (κ2) is 10.3. The monoisotopic (exact) mass is 452 g/mol. The van der Waals surface area contributed by atoms with Crippen molar-refractivity contribution < 1.29 is 9.13 Å². The summed E-state index contributed by atoms with van der Waals surface area (Å²) < 4.78 is 19.7. The lowest BCUT2D eigenvalue weighted by Crippen LogP contribution is -2.50. The molecule has 4 heterocycles. The van der Waals surface area contributed by atoms with Crippen molar-refractivity contribution in [3.8, 4) is 0 Å². The van der Waals surface area contributed by atoms with Crippen molar-refractivity contribution in [3.63, 3.8) is 0 Å². The molecule has 5 nitrogen and oxygen atoms in total. The average Bonchev–Trinajstić information content (AvgIpc) is 3.29. The van der Waals surface area contributed by atoms with Crippen LogP contribution in [0.3, 0.4) is 0 Å². The molecule has 0 N–H and O–H groups in total. The van der Waals surface area contributed by atoms with Crippen molar-refractivity contribution in [1.29, 1.82) is 0 Å². The van der Waals surface area contributed by atoms with Crippen LogP contribution in [0.1, 0.15) is 45.4 Å². The number of nitrogens with zero attached hydrogens (tertiary/aromatic N) is 4. The maximum absolute atomic E-state index is 13.9. The third-order valence-electron chi connectivity index (χ3n) is 7.65. The van der Waals surface area contributed by atoms with Crippen LogP contribution in [0, 0.1) is 11.7 Å². The van der Waals surface area contributed by atoms with Crippen LogP contribution >= 0.6 is 0 Å². The summed E-state index contributed by atoms with van der Waals surface area (Å²) in [6.07, 6.45) is 8.85. The van der Waals surface area contributed by atoms with Gasteiger partial charge < -0.3 is 19.4 Å². The van der Waals surface area contributed by atoms with Crippen molar-refractivity contribution in [2.24, 2.45) is 5.92 Å². The minimum atomic E-state index is -0.153. The van der Waals surface area contributed by atoms with E-state index in [9.17, 15) is 4.39 Å². The predicted octanol–water partition coefficient (Wildman–Crippen LogP) is 5.11. The first-order valence-electron chi connectivity index (χ1n) is 12.8. The zero-order chi connectivity index (χ0) is 22.6. The van der Waals surface area contributed by atoms with E-state index in [1.54, 1.807) is 6.07 Å². The molecule has 0 spiro atoms. The van der Waals surface area contributed by atoms with Gasteiger partial charge in [-0.25, -0.2) is 9.37 Å². The SMILES string of the molecule is CCCOCC1CCN(c2ccnc(N3CC[C@@H]4[C@H]3CCCN4c3cccc(F)c3)c2)CC1. The van der Waals surface area contributed by atoms with Gasteiger partial charge >= 0.3 is 0 Å². The molecule has 0 radical (unpaired) electrons. The van der Waals surface area contributed by atoms with Gasteiger partial charge in [0.2, 0.25) is 0 Å². The summed E-state index contributed by atoms with van der Waals surface area (Å²) in [5.41, 5.74) is 2.30. The van der Waals surface area contributed by atoms with Gasteiger partial charge in [0.25, 0.3) is 0 Å². The van der Waals surface area contributed by atoms with E-state index in [-0.39, 0.29) is 5.82 Å². The summed E-state index contributed by atoms with van der Waals surface area (Å²) in [5.74, 6) is 1.62. The van der Waals surface area contributed by atoms with Crippen molar-refractivity contribution in [3.05, 3.63) is 48.4 Å². The standard InChI is InChI=1S/C27H37FN4O/c1-2-17-33-20-21-9-14-30(15-10-21)23-8-12-29-27(19-23)32-16-11-26-25(32)7-4-13-31(26)24-6-3-5-22(28)18-24/h3,5-6,8,12,18-19,21,25-26H,2,4,7,9-11,13-17,20H2,1H3/t25-,26-/m1/s1. The van der Waals surface area contributed by atoms with Crippen LogP contribution in [-0.4, -0.2) is 56.5 Å². The Morgan fingerprint density at radius 2 is 1.79 bits per heavy atom. The van der Waals surface area contributed by atoms with Crippen LogP contribution in [0.25, 0.3) is 0 Å². The molecule has 0 saturated carbocycles. The minimum absolute atomic E-state index is 0.153. The number of aromatic nitrogens is 1. The van der Waals surface area contributed by atoms with E-state index in [0.717, 1.165) is 70.2 Å². The van der Waals surface area contributed by atoms with Gasteiger partial charge in [-0.15, -0.1) is 0 Å². The largest absolute Gasteiger partial charge is 0.381 e. The zero-order valence-corrected chi connectivity index (χ0v) is 19.8. The first kappa shape index (κ1) is 22.5. The molecule has 5 rings (SSSR count). The van der Waals surface area contributed by atoms with Crippen molar-refractivity contribution >= 4 is 17.2 Å². The summed E-state index contributed by atoms with van der Waals surface area (Å²) in [5, 5.41) is 0. The summed E-state index contributed by atoms with van der Waals surface area (Å²) in [4.78, 5) is 12.2. The third-order valence-corrected chi connectivity index (χ3v) is 7.65. The fourth-order valence-corrected chi connectivity index (χ4v) is 5.96. The summed E-state index contributed by atoms with van der Waals surface area (Å²) >= 11 is 0. The Bertz CT molecular complexity index is 916. The molecule has 33 heavy (non-hydrogen) atoms. The number of rotatable bonds is 7. The second-order valence-corrected chi connectivity index (χ2v) is 9.81. The fourth-order valence-electron chi connectivity index (χ4n) is 5.96. The smallest absolute Gasteiger partial charge is 0.130 e. The first-order valence-corrected chi connectivity index (χ1v) is 12.8. The van der Waals surface area contributed by atoms with Crippen molar-refractivity contribution in [1.82, 2.24) is 4.98 Å². The maximum atomic E-state index is 13.9. The maximum Gasteiger partial charge on any atom is 0.130 e. The number of benzene rings is 1. The van der Waals surface area contributed by atoms with E-state index in [4.69, 9.17) is 9.72 Å². The topological polar surface area (TPSA) is 31.8 Å². The summed E-state index contributed by atoms with van der Waals surface area (Å²) in [6.45, 7) is 8.13. The number of piperidine rings is 2. The number of anilines is 3. The van der Waals surface area contributed by atoms with Crippen LogP contribution in [0.4, 0.5) is 21.6 Å². The molecule has 1 aromatic heterocycles. The Morgan fingerprint density at radius 1 is 0.939 bits per heavy atom. The van der Waals surface area contributed by atoms with Crippen molar-refractivity contribution in [2.75, 3.05) is 54.1 Å². The van der Waals surface area contributed by atoms with E-state index in [1.165, 1.54) is 31.0 Å². The third kappa shape index (κ3) is 4.96. The molecule has 6 heteroatoms. The molecule has 3 aliphatic heterocycles. The lowest BCUT2D eigenvalue weighted by Gasteiger charge is -2.41. The molecule has 3 aliphatic rings. The van der Waals surface area contributed by atoms with E-state index >= 15 is 0 Å². The van der Waals surface area contributed by atoms with E-state index in [2.05, 4.69) is 33.8 Å². The van der Waals surface area contributed by atoms with E-state index in [0.29, 0.717) is 18.0 Å². The molecular weight excluding hydrogens is 415 g/mol. The Labute approximate surface area is 197 Å². The van der Waals surface area contributed by atoms with Crippen molar-refractivity contribution in [2.45, 2.75) is 57.5 Å². The number of pyridine rings is 1. The molecule has 2 atom stereocenters. The highest BCUT2D eigenvalue weighted by Crippen LogP contribution is 2.37. The molecule has 0 amide bonds. The van der Waals surface area contributed by atoms with Gasteiger partial charge in [0.1, 0.15) is 11.6 Å². The van der Waals surface area contributed by atoms with Crippen LogP contribution in [0.5, 0.6) is 0 Å². The van der Waals surface area contributed by atoms with Gasteiger partial charge in [0.15, 0.2) is 0 Å². The normalized spacial score (nSPS) is 23.8. The molecule has 1 aromatic carbocycles. The zero-order valence-electron chi connectivity index (χ0n) is 19.8. The lowest BCUT2D eigenvalue weighted by molar-refractivity contribution is 0.0908. The molecule has 0 bridgehead atoms. The molecule has 178 valence electrons. The quantitative estimate of drug-likeness (QED) is 0.545. The highest BCUT2D eigenvalue weighted by molar-refractivity contribution is 5.58. The molecular formula is C27H37FN4O. The van der Waals surface area contributed by atoms with Gasteiger partial charge in [-0.1, -0.05) is 13.0 Å². The minimum Gasteiger partial charge on any atom is -0.381 e. The lowest BCUT2D eigenvalue weighted by atomic mass is 9.96. The predicted molar refractivity (Wildman–Crippen MR) is 133 cm³/mol. The second-order valence-electron chi connectivity index (χ2n) is 9.81. The Hall–Kier alpha value is -2.34. The Kier molecular flexibility index (Phi) is 7.00. The highest BCUT2D eigenvalue weighted by atomic mass is 19.1. The number of halogens is 1. The van der Waals surface area contributed by atoms with E-state index < -0.39 is 0 Å². The number of ether oxygens (including phenoxy) is 1. The van der Waals surface area contributed by atoms with Crippen LogP contribution in [0.2, 0.25) is 0 Å². The molecule has 3 fully saturated rings. The summed E-state index contributed by atoms with van der Waals surface area (Å²) in [6, 6.07) is 12.4. The molecule has 3 saturated heterocycles. The average molecular weight is 453 g/mol. The number of fused-ring (bicyclic) bond motifs is 1.